The largest absolute Gasteiger partial charge is 0.350 e. The molecule has 2 amide bonds. The second kappa shape index (κ2) is 10.4. The zero-order valence-corrected chi connectivity index (χ0v) is 18.8. The maximum absolute atomic E-state index is 12.3. The Morgan fingerprint density at radius 1 is 0.906 bits per heavy atom. The van der Waals surface area contributed by atoms with Crippen LogP contribution in [0.25, 0.3) is 10.9 Å². The van der Waals surface area contributed by atoms with E-state index in [2.05, 4.69) is 21.3 Å². The second-order valence-electron chi connectivity index (χ2n) is 7.17. The highest BCUT2D eigenvalue weighted by Gasteiger charge is 2.12. The van der Waals surface area contributed by atoms with Crippen molar-refractivity contribution in [2.45, 2.75) is 11.4 Å². The lowest BCUT2D eigenvalue weighted by molar-refractivity contribution is -0.113. The molecule has 0 aliphatic rings. The maximum Gasteiger partial charge on any atom is 0.251 e. The fraction of sp³-hybridized carbons (Fsp3) is 0.120. The standard InChI is InChI=1S/C25H22ClN3O2S/c26-19-12-10-18(11-13-19)25(31)27-14-15-29-16-23(21-8-4-5-9-22(21)29)32-17-24(30)28-20-6-2-1-3-7-20/h1-13,16H,14-15,17H2,(H,27,31)(H,28,30). The minimum atomic E-state index is -0.134. The van der Waals surface area contributed by atoms with Crippen molar-refractivity contribution in [2.75, 3.05) is 17.6 Å². The summed E-state index contributed by atoms with van der Waals surface area (Å²) in [6.45, 7) is 1.11. The Morgan fingerprint density at radius 3 is 2.41 bits per heavy atom. The van der Waals surface area contributed by atoms with E-state index in [4.69, 9.17) is 11.6 Å². The predicted molar refractivity (Wildman–Crippen MR) is 132 cm³/mol. The summed E-state index contributed by atoms with van der Waals surface area (Å²) in [6, 6.07) is 24.3. The van der Waals surface area contributed by atoms with Crippen molar-refractivity contribution in [3.63, 3.8) is 0 Å². The Labute approximate surface area is 195 Å². The molecule has 5 nitrogen and oxygen atoms in total. The number of amides is 2. The smallest absolute Gasteiger partial charge is 0.251 e. The van der Waals surface area contributed by atoms with E-state index in [-0.39, 0.29) is 11.8 Å². The molecule has 0 saturated carbocycles. The van der Waals surface area contributed by atoms with E-state index >= 15 is 0 Å². The van der Waals surface area contributed by atoms with Gasteiger partial charge in [-0.2, -0.15) is 0 Å². The summed E-state index contributed by atoms with van der Waals surface area (Å²) < 4.78 is 2.11. The highest BCUT2D eigenvalue weighted by Crippen LogP contribution is 2.30. The van der Waals surface area contributed by atoms with Crippen LogP contribution in [0, 0.1) is 0 Å². The van der Waals surface area contributed by atoms with Gasteiger partial charge >= 0.3 is 0 Å². The first-order chi connectivity index (χ1) is 15.6. The second-order valence-corrected chi connectivity index (χ2v) is 8.62. The Morgan fingerprint density at radius 2 is 1.62 bits per heavy atom. The van der Waals surface area contributed by atoms with Crippen LogP contribution < -0.4 is 10.6 Å². The summed E-state index contributed by atoms with van der Waals surface area (Å²) in [5, 5.41) is 7.55. The van der Waals surface area contributed by atoms with Gasteiger partial charge in [0.1, 0.15) is 0 Å². The molecule has 0 fully saturated rings. The Hall–Kier alpha value is -3.22. The number of nitrogens with one attached hydrogen (secondary N) is 2. The molecule has 3 aromatic carbocycles. The van der Waals surface area contributed by atoms with Gasteiger partial charge < -0.3 is 15.2 Å². The van der Waals surface area contributed by atoms with Gasteiger partial charge in [0.25, 0.3) is 5.91 Å². The molecule has 4 rings (SSSR count). The number of halogens is 1. The van der Waals surface area contributed by atoms with Gasteiger partial charge in [-0.15, -0.1) is 11.8 Å². The first-order valence-corrected chi connectivity index (χ1v) is 11.6. The molecule has 0 spiro atoms. The molecule has 4 aromatic rings. The number of rotatable bonds is 8. The van der Waals surface area contributed by atoms with Gasteiger partial charge in [0.05, 0.1) is 5.75 Å². The molecule has 0 bridgehead atoms. The third kappa shape index (κ3) is 5.52. The predicted octanol–water partition coefficient (Wildman–Crippen LogP) is 5.46. The van der Waals surface area contributed by atoms with Crippen molar-refractivity contribution < 1.29 is 9.59 Å². The molecular weight excluding hydrogens is 442 g/mol. The molecule has 162 valence electrons. The van der Waals surface area contributed by atoms with Crippen molar-refractivity contribution in [1.29, 1.82) is 0 Å². The number of anilines is 1. The first-order valence-electron chi connectivity index (χ1n) is 10.2. The third-order valence-electron chi connectivity index (χ3n) is 4.91. The number of benzene rings is 3. The molecule has 32 heavy (non-hydrogen) atoms. The van der Waals surface area contributed by atoms with Gasteiger partial charge in [0, 0.05) is 51.4 Å². The minimum absolute atomic E-state index is 0.0479. The number of carbonyl (C=O) groups excluding carboxylic acids is 2. The van der Waals surface area contributed by atoms with Crippen molar-refractivity contribution in [1.82, 2.24) is 9.88 Å². The number of hydrogen-bond donors (Lipinski definition) is 2. The van der Waals surface area contributed by atoms with E-state index in [9.17, 15) is 9.59 Å². The lowest BCUT2D eigenvalue weighted by Gasteiger charge is -2.08. The summed E-state index contributed by atoms with van der Waals surface area (Å²) in [5.41, 5.74) is 2.43. The molecule has 0 saturated heterocycles. The first kappa shape index (κ1) is 22.0. The van der Waals surface area contributed by atoms with Gasteiger partial charge in [-0.25, -0.2) is 0 Å². The Kier molecular flexibility index (Phi) is 7.14. The lowest BCUT2D eigenvalue weighted by Crippen LogP contribution is -2.27. The summed E-state index contributed by atoms with van der Waals surface area (Å²) >= 11 is 7.39. The number of para-hydroxylation sites is 2. The van der Waals surface area contributed by atoms with Crippen molar-refractivity contribution in [3.05, 3.63) is 95.6 Å². The molecule has 7 heteroatoms. The summed E-state index contributed by atoms with van der Waals surface area (Å²) in [4.78, 5) is 25.7. The van der Waals surface area contributed by atoms with Crippen LogP contribution in [0.3, 0.4) is 0 Å². The molecule has 1 heterocycles. The zero-order chi connectivity index (χ0) is 22.3. The topological polar surface area (TPSA) is 63.1 Å². The summed E-state index contributed by atoms with van der Waals surface area (Å²) in [5.74, 6) is 0.134. The number of nitrogens with zero attached hydrogens (tertiary/aromatic N) is 1. The fourth-order valence-electron chi connectivity index (χ4n) is 3.37. The van der Waals surface area contributed by atoms with Gasteiger partial charge in [-0.3, -0.25) is 9.59 Å². The van der Waals surface area contributed by atoms with Crippen LogP contribution >= 0.6 is 23.4 Å². The monoisotopic (exact) mass is 463 g/mol. The van der Waals surface area contributed by atoms with Crippen LogP contribution in [-0.4, -0.2) is 28.7 Å². The summed E-state index contributed by atoms with van der Waals surface area (Å²) in [6.07, 6.45) is 2.04. The molecule has 2 N–H and O–H groups in total. The van der Waals surface area contributed by atoms with E-state index in [1.54, 1.807) is 24.3 Å². The average molecular weight is 464 g/mol. The van der Waals surface area contributed by atoms with Gasteiger partial charge in [-0.1, -0.05) is 48.0 Å². The SMILES string of the molecule is O=C(CSc1cn(CCNC(=O)c2ccc(Cl)cc2)c2ccccc12)Nc1ccccc1. The lowest BCUT2D eigenvalue weighted by atomic mass is 10.2. The number of fused-ring (bicyclic) bond motifs is 1. The van der Waals surface area contributed by atoms with E-state index in [0.717, 1.165) is 21.5 Å². The maximum atomic E-state index is 12.3. The van der Waals surface area contributed by atoms with Crippen LogP contribution in [0.2, 0.25) is 5.02 Å². The minimum Gasteiger partial charge on any atom is -0.350 e. The van der Waals surface area contributed by atoms with Crippen LogP contribution in [0.4, 0.5) is 5.69 Å². The number of thioether (sulfide) groups is 1. The molecular formula is C25H22ClN3O2S. The number of hydrogen-bond acceptors (Lipinski definition) is 3. The normalized spacial score (nSPS) is 10.8. The van der Waals surface area contributed by atoms with Gasteiger partial charge in [0.15, 0.2) is 0 Å². The Bertz CT molecular complexity index is 1220. The average Bonchev–Trinajstić information content (AvgIpc) is 3.16. The van der Waals surface area contributed by atoms with Crippen LogP contribution in [0.5, 0.6) is 0 Å². The van der Waals surface area contributed by atoms with Gasteiger partial charge in [-0.05, 0) is 42.5 Å². The van der Waals surface area contributed by atoms with Crippen molar-refractivity contribution in [2.24, 2.45) is 0 Å². The molecule has 1 aromatic heterocycles. The van der Waals surface area contributed by atoms with E-state index < -0.39 is 0 Å². The Balaban J connectivity index is 1.38. The van der Waals surface area contributed by atoms with Crippen LogP contribution in [0.1, 0.15) is 10.4 Å². The fourth-order valence-corrected chi connectivity index (χ4v) is 4.38. The molecule has 0 atom stereocenters. The van der Waals surface area contributed by atoms with Crippen molar-refractivity contribution in [3.8, 4) is 0 Å². The van der Waals surface area contributed by atoms with Crippen LogP contribution in [-0.2, 0) is 11.3 Å². The third-order valence-corrected chi connectivity index (χ3v) is 6.21. The molecule has 0 radical (unpaired) electrons. The van der Waals surface area contributed by atoms with E-state index in [1.807, 2.05) is 54.7 Å². The molecule has 0 aliphatic carbocycles. The summed E-state index contributed by atoms with van der Waals surface area (Å²) in [7, 11) is 0. The zero-order valence-electron chi connectivity index (χ0n) is 17.3. The highest BCUT2D eigenvalue weighted by atomic mass is 35.5. The van der Waals surface area contributed by atoms with Gasteiger partial charge in [0.2, 0.25) is 5.91 Å². The van der Waals surface area contributed by atoms with Crippen molar-refractivity contribution >= 4 is 51.8 Å². The van der Waals surface area contributed by atoms with E-state index in [0.29, 0.717) is 29.4 Å². The highest BCUT2D eigenvalue weighted by molar-refractivity contribution is 8.00. The number of aromatic nitrogens is 1. The van der Waals surface area contributed by atoms with Crippen LogP contribution in [0.15, 0.2) is 90.0 Å². The molecule has 0 aliphatic heterocycles. The number of carbonyl (C=O) groups is 2. The van der Waals surface area contributed by atoms with E-state index in [1.165, 1.54) is 11.8 Å². The quantitative estimate of drug-likeness (QED) is 0.341. The molecule has 0 unspecified atom stereocenters.